The lowest BCUT2D eigenvalue weighted by atomic mass is 9.95. The van der Waals surface area contributed by atoms with E-state index < -0.39 is 5.60 Å². The van der Waals surface area contributed by atoms with Gasteiger partial charge in [0.05, 0.1) is 5.60 Å². The van der Waals surface area contributed by atoms with Crippen LogP contribution in [0.2, 0.25) is 5.15 Å². The van der Waals surface area contributed by atoms with Crippen molar-refractivity contribution in [2.45, 2.75) is 25.4 Å². The summed E-state index contributed by atoms with van der Waals surface area (Å²) < 4.78 is 0. The minimum absolute atomic E-state index is 0.259. The Hall–Kier alpha value is -1.07. The van der Waals surface area contributed by atoms with Gasteiger partial charge in [0.1, 0.15) is 12.0 Å². The number of hydrogen-bond donors (Lipinski definition) is 2. The molecule has 1 aliphatic heterocycles. The van der Waals surface area contributed by atoms with Crippen LogP contribution >= 0.6 is 11.6 Å². The van der Waals surface area contributed by atoms with E-state index in [1.54, 1.807) is 0 Å². The van der Waals surface area contributed by atoms with Gasteiger partial charge in [-0.2, -0.15) is 0 Å². The number of nitrogens with zero attached hydrogens (tertiary/aromatic N) is 3. The zero-order valence-corrected chi connectivity index (χ0v) is 9.91. The fourth-order valence-electron chi connectivity index (χ4n) is 2.02. The molecule has 2 heterocycles. The molecule has 88 valence electrons. The van der Waals surface area contributed by atoms with Gasteiger partial charge < -0.3 is 15.7 Å². The molecule has 0 aliphatic carbocycles. The maximum atomic E-state index is 10.0. The van der Waals surface area contributed by atoms with Crippen molar-refractivity contribution in [2.75, 3.05) is 23.7 Å². The molecule has 0 amide bonds. The van der Waals surface area contributed by atoms with Crippen molar-refractivity contribution in [1.82, 2.24) is 9.97 Å². The molecule has 0 saturated carbocycles. The quantitative estimate of drug-likeness (QED) is 0.721. The van der Waals surface area contributed by atoms with Crippen molar-refractivity contribution >= 4 is 23.1 Å². The smallest absolute Gasteiger partial charge is 0.157 e. The molecule has 0 spiro atoms. The van der Waals surface area contributed by atoms with Crippen LogP contribution in [0.5, 0.6) is 0 Å². The molecule has 2 rings (SSSR count). The Bertz CT molecular complexity index is 396. The van der Waals surface area contributed by atoms with E-state index in [0.29, 0.717) is 18.1 Å². The van der Waals surface area contributed by atoms with Crippen LogP contribution in [0.25, 0.3) is 0 Å². The number of anilines is 2. The molecule has 1 aromatic heterocycles. The number of β-amino-alcohol motifs (C(OH)–C–C–N with tert-alkyl or cyclic N) is 1. The predicted octanol–water partition coefficient (Wildman–Crippen LogP) is 1.06. The van der Waals surface area contributed by atoms with Gasteiger partial charge in [0.2, 0.25) is 0 Å². The number of halogens is 1. The van der Waals surface area contributed by atoms with Crippen LogP contribution < -0.4 is 10.6 Å². The van der Waals surface area contributed by atoms with Gasteiger partial charge in [-0.15, -0.1) is 0 Å². The number of nitrogens with two attached hydrogens (primary N) is 1. The first-order chi connectivity index (χ1) is 7.49. The van der Waals surface area contributed by atoms with E-state index in [0.717, 1.165) is 19.4 Å². The number of rotatable bonds is 1. The zero-order valence-electron chi connectivity index (χ0n) is 9.15. The highest BCUT2D eigenvalue weighted by atomic mass is 35.5. The molecule has 0 aromatic carbocycles. The molecule has 3 N–H and O–H groups in total. The second-order valence-electron chi connectivity index (χ2n) is 4.42. The molecule has 1 atom stereocenters. The normalized spacial score (nSPS) is 25.8. The highest BCUT2D eigenvalue weighted by Gasteiger charge is 2.30. The van der Waals surface area contributed by atoms with Crippen LogP contribution in [-0.4, -0.2) is 33.8 Å². The number of aromatic nitrogens is 2. The Morgan fingerprint density at radius 3 is 3.00 bits per heavy atom. The van der Waals surface area contributed by atoms with Crippen molar-refractivity contribution < 1.29 is 5.11 Å². The van der Waals surface area contributed by atoms with Crippen LogP contribution in [0.1, 0.15) is 19.8 Å². The first-order valence-electron chi connectivity index (χ1n) is 5.23. The Kier molecular flexibility index (Phi) is 2.90. The summed E-state index contributed by atoms with van der Waals surface area (Å²) in [6.45, 7) is 3.16. The summed E-state index contributed by atoms with van der Waals surface area (Å²) in [5.41, 5.74) is 5.51. The molecule has 1 fully saturated rings. The van der Waals surface area contributed by atoms with E-state index >= 15 is 0 Å². The summed E-state index contributed by atoms with van der Waals surface area (Å²) in [5.74, 6) is 0.611. The molecular weight excluding hydrogens is 228 g/mol. The number of piperidine rings is 1. The van der Waals surface area contributed by atoms with Crippen molar-refractivity contribution in [3.63, 3.8) is 0 Å². The monoisotopic (exact) mass is 242 g/mol. The number of hydrogen-bond acceptors (Lipinski definition) is 5. The lowest BCUT2D eigenvalue weighted by molar-refractivity contribution is 0.0447. The lowest BCUT2D eigenvalue weighted by Gasteiger charge is -2.37. The number of nitrogen functional groups attached to an aromatic ring is 1. The van der Waals surface area contributed by atoms with Gasteiger partial charge in [-0.1, -0.05) is 11.6 Å². The van der Waals surface area contributed by atoms with Crippen LogP contribution in [0.15, 0.2) is 6.33 Å². The Morgan fingerprint density at radius 2 is 2.31 bits per heavy atom. The topological polar surface area (TPSA) is 75.3 Å². The minimum atomic E-state index is -0.692. The summed E-state index contributed by atoms with van der Waals surface area (Å²) in [7, 11) is 0. The largest absolute Gasteiger partial charge is 0.393 e. The highest BCUT2D eigenvalue weighted by molar-refractivity contribution is 6.32. The van der Waals surface area contributed by atoms with Gasteiger partial charge in [-0.05, 0) is 19.8 Å². The van der Waals surface area contributed by atoms with E-state index in [2.05, 4.69) is 9.97 Å². The van der Waals surface area contributed by atoms with Gasteiger partial charge in [-0.3, -0.25) is 0 Å². The van der Waals surface area contributed by atoms with Gasteiger partial charge in [-0.25, -0.2) is 9.97 Å². The van der Waals surface area contributed by atoms with Gasteiger partial charge in [0.15, 0.2) is 11.0 Å². The molecule has 1 saturated heterocycles. The molecule has 0 radical (unpaired) electrons. The van der Waals surface area contributed by atoms with Gasteiger partial charge in [0, 0.05) is 13.1 Å². The second kappa shape index (κ2) is 4.07. The SMILES string of the molecule is CC1(O)CCCN(c2ncnc(Cl)c2N)C1. The maximum absolute atomic E-state index is 10.0. The molecular formula is C10H15ClN4O. The van der Waals surface area contributed by atoms with E-state index in [9.17, 15) is 5.11 Å². The molecule has 6 heteroatoms. The Morgan fingerprint density at radius 1 is 1.56 bits per heavy atom. The average Bonchev–Trinajstić information content (AvgIpc) is 2.20. The van der Waals surface area contributed by atoms with Crippen LogP contribution in [0.4, 0.5) is 11.5 Å². The van der Waals surface area contributed by atoms with Crippen LogP contribution in [-0.2, 0) is 0 Å². The Labute approximate surface area is 99.3 Å². The Balaban J connectivity index is 2.27. The maximum Gasteiger partial charge on any atom is 0.157 e. The standard InChI is InChI=1S/C10H15ClN4O/c1-10(16)3-2-4-15(5-10)9-7(12)8(11)13-6-14-9/h6,16H,2-5,12H2,1H3. The summed E-state index contributed by atoms with van der Waals surface area (Å²) >= 11 is 5.84. The van der Waals surface area contributed by atoms with E-state index in [4.69, 9.17) is 17.3 Å². The summed E-state index contributed by atoms with van der Waals surface area (Å²) in [5, 5.41) is 10.3. The van der Waals surface area contributed by atoms with Crippen molar-refractivity contribution in [3.05, 3.63) is 11.5 Å². The fourth-order valence-corrected chi connectivity index (χ4v) is 2.15. The first-order valence-corrected chi connectivity index (χ1v) is 5.61. The fraction of sp³-hybridized carbons (Fsp3) is 0.600. The van der Waals surface area contributed by atoms with Crippen molar-refractivity contribution in [2.24, 2.45) is 0 Å². The molecule has 1 aliphatic rings. The minimum Gasteiger partial charge on any atom is -0.393 e. The highest BCUT2D eigenvalue weighted by Crippen LogP contribution is 2.30. The van der Waals surface area contributed by atoms with Crippen molar-refractivity contribution in [1.29, 1.82) is 0 Å². The molecule has 5 nitrogen and oxygen atoms in total. The lowest BCUT2D eigenvalue weighted by Crippen LogP contribution is -2.46. The third-order valence-corrected chi connectivity index (χ3v) is 3.09. The summed E-state index contributed by atoms with van der Waals surface area (Å²) in [6.07, 6.45) is 3.09. The van der Waals surface area contributed by atoms with E-state index in [1.165, 1.54) is 6.33 Å². The second-order valence-corrected chi connectivity index (χ2v) is 4.78. The zero-order chi connectivity index (χ0) is 11.8. The van der Waals surface area contributed by atoms with Gasteiger partial charge in [0.25, 0.3) is 0 Å². The average molecular weight is 243 g/mol. The third-order valence-electron chi connectivity index (χ3n) is 2.79. The third kappa shape index (κ3) is 2.20. The molecule has 1 aromatic rings. The molecule has 1 unspecified atom stereocenters. The predicted molar refractivity (Wildman–Crippen MR) is 63.5 cm³/mol. The number of aliphatic hydroxyl groups is 1. The van der Waals surface area contributed by atoms with Crippen LogP contribution in [0, 0.1) is 0 Å². The first kappa shape index (κ1) is 11.4. The van der Waals surface area contributed by atoms with Crippen molar-refractivity contribution in [3.8, 4) is 0 Å². The molecule has 16 heavy (non-hydrogen) atoms. The van der Waals surface area contributed by atoms with E-state index in [-0.39, 0.29) is 5.15 Å². The van der Waals surface area contributed by atoms with Crippen LogP contribution in [0.3, 0.4) is 0 Å². The van der Waals surface area contributed by atoms with Gasteiger partial charge >= 0.3 is 0 Å². The molecule has 0 bridgehead atoms. The van der Waals surface area contributed by atoms with E-state index in [1.807, 2.05) is 11.8 Å². The summed E-state index contributed by atoms with van der Waals surface area (Å²) in [4.78, 5) is 9.88. The summed E-state index contributed by atoms with van der Waals surface area (Å²) in [6, 6.07) is 0.